The van der Waals surface area contributed by atoms with Crippen LogP contribution in [0.3, 0.4) is 0 Å². The Hall–Kier alpha value is -1.32. The number of fused-ring (bicyclic) bond motifs is 1. The summed E-state index contributed by atoms with van der Waals surface area (Å²) in [6.45, 7) is 1.63. The molecule has 0 radical (unpaired) electrons. The monoisotopic (exact) mass is 316 g/mol. The van der Waals surface area contributed by atoms with E-state index in [1.165, 1.54) is 31.4 Å². The van der Waals surface area contributed by atoms with Gasteiger partial charge in [-0.2, -0.15) is 0 Å². The summed E-state index contributed by atoms with van der Waals surface area (Å²) in [6.07, 6.45) is 13.0. The maximum absolute atomic E-state index is 12.4. The van der Waals surface area contributed by atoms with Crippen molar-refractivity contribution in [3.8, 4) is 0 Å². The quantitative estimate of drug-likeness (QED) is 0.847. The van der Waals surface area contributed by atoms with E-state index in [0.717, 1.165) is 45.2 Å². The summed E-state index contributed by atoms with van der Waals surface area (Å²) in [4.78, 5) is 26.8. The fraction of sp³-hybridized carbons (Fsp3) is 0.789. The van der Waals surface area contributed by atoms with Crippen LogP contribution in [0.1, 0.15) is 64.2 Å². The Morgan fingerprint density at radius 3 is 2.74 bits per heavy atom. The number of amides is 2. The summed E-state index contributed by atoms with van der Waals surface area (Å²) in [7, 11) is 0. The van der Waals surface area contributed by atoms with Crippen molar-refractivity contribution in [2.45, 2.75) is 64.2 Å². The Balaban J connectivity index is 1.44. The van der Waals surface area contributed by atoms with Crippen molar-refractivity contribution < 1.29 is 9.59 Å². The van der Waals surface area contributed by atoms with Gasteiger partial charge in [-0.15, -0.1) is 0 Å². The first kappa shape index (κ1) is 15.2. The number of nitrogens with zero attached hydrogens (tertiary/aromatic N) is 1. The highest BCUT2D eigenvalue weighted by molar-refractivity contribution is 5.81. The predicted molar refractivity (Wildman–Crippen MR) is 88.4 cm³/mol. The molecule has 0 aromatic rings. The van der Waals surface area contributed by atoms with E-state index in [1.807, 2.05) is 0 Å². The van der Waals surface area contributed by atoms with Gasteiger partial charge in [0.25, 0.3) is 0 Å². The Kier molecular flexibility index (Phi) is 3.94. The van der Waals surface area contributed by atoms with Crippen molar-refractivity contribution in [2.75, 3.05) is 13.1 Å². The molecule has 4 aliphatic rings. The number of allylic oxidation sites excluding steroid dienone is 1. The molecule has 1 N–H and O–H groups in total. The summed E-state index contributed by atoms with van der Waals surface area (Å²) >= 11 is 0. The highest BCUT2D eigenvalue weighted by Gasteiger charge is 2.46. The summed E-state index contributed by atoms with van der Waals surface area (Å²) in [5.74, 6) is 1.48. The molecule has 3 aliphatic carbocycles. The van der Waals surface area contributed by atoms with E-state index in [1.54, 1.807) is 0 Å². The third-order valence-corrected chi connectivity index (χ3v) is 6.38. The average molecular weight is 316 g/mol. The molecule has 23 heavy (non-hydrogen) atoms. The van der Waals surface area contributed by atoms with Crippen LogP contribution in [-0.2, 0) is 9.59 Å². The van der Waals surface area contributed by atoms with Crippen LogP contribution in [0, 0.1) is 17.3 Å². The molecule has 1 saturated heterocycles. The number of carbonyl (C=O) groups is 2. The van der Waals surface area contributed by atoms with Gasteiger partial charge in [0.05, 0.1) is 0 Å². The highest BCUT2D eigenvalue weighted by Crippen LogP contribution is 2.48. The Morgan fingerprint density at radius 1 is 1.22 bits per heavy atom. The van der Waals surface area contributed by atoms with E-state index < -0.39 is 0 Å². The molecule has 1 atom stereocenters. The number of rotatable bonds is 5. The van der Waals surface area contributed by atoms with Crippen molar-refractivity contribution in [3.05, 3.63) is 11.8 Å². The van der Waals surface area contributed by atoms with Gasteiger partial charge in [0, 0.05) is 36.5 Å². The molecule has 4 heteroatoms. The third kappa shape index (κ3) is 2.92. The van der Waals surface area contributed by atoms with Crippen LogP contribution >= 0.6 is 0 Å². The van der Waals surface area contributed by atoms with Gasteiger partial charge in [-0.05, 0) is 50.9 Å². The fourth-order valence-corrected chi connectivity index (χ4v) is 4.71. The molecular formula is C19H28N2O2. The zero-order valence-electron chi connectivity index (χ0n) is 14.0. The van der Waals surface area contributed by atoms with Crippen LogP contribution in [0.15, 0.2) is 11.8 Å². The molecule has 1 unspecified atom stereocenters. The molecular weight excluding hydrogens is 288 g/mol. The van der Waals surface area contributed by atoms with Crippen LogP contribution in [0.5, 0.6) is 0 Å². The first-order chi connectivity index (χ1) is 11.2. The lowest BCUT2D eigenvalue weighted by Crippen LogP contribution is -2.49. The molecule has 126 valence electrons. The summed E-state index contributed by atoms with van der Waals surface area (Å²) in [6, 6.07) is 0. The van der Waals surface area contributed by atoms with Crippen molar-refractivity contribution in [2.24, 2.45) is 17.3 Å². The third-order valence-electron chi connectivity index (χ3n) is 6.38. The zero-order chi connectivity index (χ0) is 15.9. The lowest BCUT2D eigenvalue weighted by atomic mass is 9.76. The molecule has 0 bridgehead atoms. The maximum Gasteiger partial charge on any atom is 0.226 e. The maximum atomic E-state index is 12.4. The minimum atomic E-state index is 0.0249. The van der Waals surface area contributed by atoms with E-state index in [2.05, 4.69) is 16.3 Å². The number of nitrogens with one attached hydrogen (secondary N) is 1. The van der Waals surface area contributed by atoms with Gasteiger partial charge >= 0.3 is 0 Å². The van der Waals surface area contributed by atoms with Crippen LogP contribution < -0.4 is 5.32 Å². The normalized spacial score (nSPS) is 31.2. The van der Waals surface area contributed by atoms with Gasteiger partial charge in [0.2, 0.25) is 11.8 Å². The number of hydrogen-bond acceptors (Lipinski definition) is 2. The summed E-state index contributed by atoms with van der Waals surface area (Å²) in [5.41, 5.74) is 1.25. The number of piperidine rings is 1. The van der Waals surface area contributed by atoms with E-state index >= 15 is 0 Å². The van der Waals surface area contributed by atoms with Crippen molar-refractivity contribution in [3.63, 3.8) is 0 Å². The smallest absolute Gasteiger partial charge is 0.226 e. The van der Waals surface area contributed by atoms with E-state index in [4.69, 9.17) is 0 Å². The second-order valence-electron chi connectivity index (χ2n) is 8.06. The molecule has 0 spiro atoms. The highest BCUT2D eigenvalue weighted by atomic mass is 16.2. The van der Waals surface area contributed by atoms with E-state index in [9.17, 15) is 9.59 Å². The van der Waals surface area contributed by atoms with E-state index in [-0.39, 0.29) is 17.2 Å². The van der Waals surface area contributed by atoms with Gasteiger partial charge in [0.15, 0.2) is 0 Å². The largest absolute Gasteiger partial charge is 0.355 e. The first-order valence-corrected chi connectivity index (χ1v) is 9.47. The lowest BCUT2D eigenvalue weighted by Gasteiger charge is -2.43. The first-order valence-electron chi connectivity index (χ1n) is 9.47. The van der Waals surface area contributed by atoms with Crippen molar-refractivity contribution >= 4 is 11.8 Å². The van der Waals surface area contributed by atoms with Gasteiger partial charge in [-0.3, -0.25) is 9.59 Å². The molecule has 0 aromatic carbocycles. The van der Waals surface area contributed by atoms with Gasteiger partial charge in [0.1, 0.15) is 0 Å². The van der Waals surface area contributed by atoms with E-state index in [0.29, 0.717) is 18.2 Å². The molecule has 3 fully saturated rings. The Bertz CT molecular complexity index is 531. The van der Waals surface area contributed by atoms with Crippen LogP contribution in [0.4, 0.5) is 0 Å². The number of likely N-dealkylation sites (tertiary alicyclic amines) is 1. The van der Waals surface area contributed by atoms with Gasteiger partial charge < -0.3 is 10.2 Å². The topological polar surface area (TPSA) is 49.4 Å². The van der Waals surface area contributed by atoms with Crippen LogP contribution in [0.25, 0.3) is 0 Å². The number of carbonyl (C=O) groups excluding carboxylic acids is 2. The second kappa shape index (κ2) is 5.95. The molecule has 1 aliphatic heterocycles. The predicted octanol–water partition coefficient (Wildman–Crippen LogP) is 2.99. The minimum Gasteiger partial charge on any atom is -0.355 e. The standard InChI is InChI=1S/C19H28N2O2/c22-17-9-11-19(13-20-18(23)15-4-1-2-5-15)10-3-6-16(19)21(17)12-14-7-8-14/h6,14-15H,1-5,7-13H2,(H,20,23). The van der Waals surface area contributed by atoms with Crippen molar-refractivity contribution in [1.29, 1.82) is 0 Å². The molecule has 2 saturated carbocycles. The van der Waals surface area contributed by atoms with Crippen LogP contribution in [0.2, 0.25) is 0 Å². The molecule has 2 amide bonds. The van der Waals surface area contributed by atoms with Crippen LogP contribution in [-0.4, -0.2) is 29.8 Å². The number of hydrogen-bond donors (Lipinski definition) is 1. The van der Waals surface area contributed by atoms with Gasteiger partial charge in [-0.25, -0.2) is 0 Å². The Labute approximate surface area is 138 Å². The Morgan fingerprint density at radius 2 is 2.00 bits per heavy atom. The lowest BCUT2D eigenvalue weighted by molar-refractivity contribution is -0.133. The summed E-state index contributed by atoms with van der Waals surface area (Å²) in [5, 5.41) is 3.24. The average Bonchev–Trinajstić information content (AvgIpc) is 3.04. The molecule has 0 aromatic heterocycles. The second-order valence-corrected chi connectivity index (χ2v) is 8.06. The molecule has 4 nitrogen and oxygen atoms in total. The SMILES string of the molecule is O=C(NCC12CCC=C1N(CC1CC1)C(=O)CC2)C1CCCC1. The van der Waals surface area contributed by atoms with Gasteiger partial charge in [-0.1, -0.05) is 18.9 Å². The molecule has 4 rings (SSSR count). The summed E-state index contributed by atoms with van der Waals surface area (Å²) < 4.78 is 0. The minimum absolute atomic E-state index is 0.0249. The fourth-order valence-electron chi connectivity index (χ4n) is 4.71. The zero-order valence-corrected chi connectivity index (χ0v) is 14.0. The molecule has 1 heterocycles. The van der Waals surface area contributed by atoms with Crippen molar-refractivity contribution in [1.82, 2.24) is 10.2 Å².